The van der Waals surface area contributed by atoms with Crippen LogP contribution in [-0.2, 0) is 21.2 Å². The third-order valence-corrected chi connectivity index (χ3v) is 7.72. The lowest BCUT2D eigenvalue weighted by Crippen LogP contribution is -2.41. The van der Waals surface area contributed by atoms with E-state index in [1.165, 1.54) is 4.31 Å². The molecular formula is C28H34N2O5S. The van der Waals surface area contributed by atoms with Crippen LogP contribution in [-0.4, -0.2) is 41.6 Å². The van der Waals surface area contributed by atoms with Crippen molar-refractivity contribution in [2.45, 2.75) is 38.5 Å². The van der Waals surface area contributed by atoms with E-state index >= 15 is 0 Å². The Bertz CT molecular complexity index is 1300. The van der Waals surface area contributed by atoms with Crippen LogP contribution in [0.3, 0.4) is 0 Å². The number of sulfonamides is 1. The molecule has 1 N–H and O–H groups in total. The van der Waals surface area contributed by atoms with E-state index in [0.29, 0.717) is 30.2 Å². The van der Waals surface area contributed by atoms with Crippen LogP contribution in [0.2, 0.25) is 0 Å². The normalized spacial score (nSPS) is 11.1. The third-order valence-electron chi connectivity index (χ3n) is 5.94. The van der Waals surface area contributed by atoms with Gasteiger partial charge in [-0.2, -0.15) is 0 Å². The van der Waals surface area contributed by atoms with Gasteiger partial charge in [0.1, 0.15) is 6.54 Å². The molecular weight excluding hydrogens is 476 g/mol. The summed E-state index contributed by atoms with van der Waals surface area (Å²) in [5.41, 5.74) is 4.20. The third kappa shape index (κ3) is 6.57. The Kier molecular flexibility index (Phi) is 8.98. The zero-order valence-electron chi connectivity index (χ0n) is 21.5. The maximum Gasteiger partial charge on any atom is 0.264 e. The first-order valence-corrected chi connectivity index (χ1v) is 13.2. The van der Waals surface area contributed by atoms with Crippen molar-refractivity contribution in [1.29, 1.82) is 0 Å². The summed E-state index contributed by atoms with van der Waals surface area (Å²) in [5, 5.41) is 2.87. The fraction of sp³-hybridized carbons (Fsp3) is 0.321. The van der Waals surface area contributed by atoms with Crippen molar-refractivity contribution in [3.05, 3.63) is 82.9 Å². The predicted octanol–water partition coefficient (Wildman–Crippen LogP) is 4.57. The number of anilines is 1. The summed E-state index contributed by atoms with van der Waals surface area (Å²) in [6.07, 6.45) is 1.42. The number of rotatable bonds is 11. The monoisotopic (exact) mass is 510 g/mol. The zero-order chi connectivity index (χ0) is 26.3. The number of benzene rings is 3. The molecule has 0 saturated carbocycles. The first kappa shape index (κ1) is 27.1. The Morgan fingerprint density at radius 3 is 2.19 bits per heavy atom. The highest BCUT2D eigenvalue weighted by molar-refractivity contribution is 7.92. The lowest BCUT2D eigenvalue weighted by atomic mass is 10.1. The number of nitrogens with one attached hydrogen (secondary N) is 1. The Hall–Kier alpha value is -3.52. The summed E-state index contributed by atoms with van der Waals surface area (Å²) in [5.74, 6) is 0.958. The molecule has 0 unspecified atom stereocenters. The number of carbonyl (C=O) groups is 1. The van der Waals surface area contributed by atoms with Gasteiger partial charge in [0.25, 0.3) is 10.0 Å². The van der Waals surface area contributed by atoms with Crippen LogP contribution in [0.1, 0.15) is 28.7 Å². The molecule has 0 saturated heterocycles. The van der Waals surface area contributed by atoms with Crippen molar-refractivity contribution >= 4 is 21.6 Å². The van der Waals surface area contributed by atoms with Crippen LogP contribution in [0.25, 0.3) is 0 Å². The Morgan fingerprint density at radius 2 is 1.53 bits per heavy atom. The van der Waals surface area contributed by atoms with Gasteiger partial charge in [0, 0.05) is 6.54 Å². The van der Waals surface area contributed by atoms with Gasteiger partial charge in [-0.15, -0.1) is 0 Å². The molecule has 0 bridgehead atoms. The molecule has 0 fully saturated rings. The Balaban J connectivity index is 1.72. The SMILES string of the molecule is COc1ccc(CCCNC(=O)CN(c2cc(C)ccc2C)S(=O)(=O)c2ccc(C)cc2)cc1OC. The average molecular weight is 511 g/mol. The quantitative estimate of drug-likeness (QED) is 0.382. The molecule has 0 radical (unpaired) electrons. The smallest absolute Gasteiger partial charge is 0.264 e. The van der Waals surface area contributed by atoms with Gasteiger partial charge in [-0.25, -0.2) is 8.42 Å². The zero-order valence-corrected chi connectivity index (χ0v) is 22.3. The number of amides is 1. The van der Waals surface area contributed by atoms with Crippen molar-refractivity contribution in [3.63, 3.8) is 0 Å². The molecule has 0 spiro atoms. The van der Waals surface area contributed by atoms with E-state index in [1.807, 2.05) is 51.1 Å². The molecule has 3 aromatic rings. The van der Waals surface area contributed by atoms with E-state index in [9.17, 15) is 13.2 Å². The summed E-state index contributed by atoms with van der Waals surface area (Å²) in [6.45, 7) is 5.74. The van der Waals surface area contributed by atoms with Gasteiger partial charge in [-0.1, -0.05) is 35.9 Å². The van der Waals surface area contributed by atoms with E-state index in [0.717, 1.165) is 28.7 Å². The van der Waals surface area contributed by atoms with E-state index < -0.39 is 10.0 Å². The fourth-order valence-electron chi connectivity index (χ4n) is 3.87. The minimum Gasteiger partial charge on any atom is -0.493 e. The minimum atomic E-state index is -3.95. The molecule has 0 aliphatic carbocycles. The lowest BCUT2D eigenvalue weighted by molar-refractivity contribution is -0.119. The summed E-state index contributed by atoms with van der Waals surface area (Å²) < 4.78 is 39.0. The number of carbonyl (C=O) groups excluding carboxylic acids is 1. The first-order valence-electron chi connectivity index (χ1n) is 11.8. The number of aryl methyl sites for hydroxylation is 4. The molecule has 7 nitrogen and oxygen atoms in total. The second kappa shape index (κ2) is 11.9. The van der Waals surface area contributed by atoms with Crippen molar-refractivity contribution < 1.29 is 22.7 Å². The second-order valence-corrected chi connectivity index (χ2v) is 10.6. The number of hydrogen-bond donors (Lipinski definition) is 1. The summed E-state index contributed by atoms with van der Waals surface area (Å²) in [6, 6.07) is 18.0. The van der Waals surface area contributed by atoms with Gasteiger partial charge < -0.3 is 14.8 Å². The Morgan fingerprint density at radius 1 is 0.861 bits per heavy atom. The van der Waals surface area contributed by atoms with E-state index in [-0.39, 0.29) is 17.3 Å². The molecule has 0 atom stereocenters. The number of methoxy groups -OCH3 is 2. The maximum absolute atomic E-state index is 13.6. The molecule has 1 amide bonds. The highest BCUT2D eigenvalue weighted by Gasteiger charge is 2.28. The topological polar surface area (TPSA) is 84.9 Å². The fourth-order valence-corrected chi connectivity index (χ4v) is 5.35. The number of ether oxygens (including phenoxy) is 2. The number of nitrogens with zero attached hydrogens (tertiary/aromatic N) is 1. The second-order valence-electron chi connectivity index (χ2n) is 8.76. The molecule has 0 aromatic heterocycles. The van der Waals surface area contributed by atoms with E-state index in [2.05, 4.69) is 5.32 Å². The van der Waals surface area contributed by atoms with Crippen LogP contribution in [0, 0.1) is 20.8 Å². The van der Waals surface area contributed by atoms with E-state index in [4.69, 9.17) is 9.47 Å². The van der Waals surface area contributed by atoms with Crippen LogP contribution >= 0.6 is 0 Å². The minimum absolute atomic E-state index is 0.148. The predicted molar refractivity (Wildman–Crippen MR) is 143 cm³/mol. The first-order chi connectivity index (χ1) is 17.1. The molecule has 0 heterocycles. The number of hydrogen-bond acceptors (Lipinski definition) is 5. The average Bonchev–Trinajstić information content (AvgIpc) is 2.86. The largest absolute Gasteiger partial charge is 0.493 e. The van der Waals surface area contributed by atoms with Gasteiger partial charge in [0.15, 0.2) is 11.5 Å². The molecule has 0 aliphatic heterocycles. The van der Waals surface area contributed by atoms with Gasteiger partial charge >= 0.3 is 0 Å². The van der Waals surface area contributed by atoms with Crippen LogP contribution < -0.4 is 19.1 Å². The molecule has 192 valence electrons. The van der Waals surface area contributed by atoms with Crippen molar-refractivity contribution in [2.24, 2.45) is 0 Å². The van der Waals surface area contributed by atoms with E-state index in [1.54, 1.807) is 44.6 Å². The van der Waals surface area contributed by atoms with Crippen molar-refractivity contribution in [3.8, 4) is 11.5 Å². The lowest BCUT2D eigenvalue weighted by Gasteiger charge is -2.26. The van der Waals surface area contributed by atoms with Gasteiger partial charge in [-0.3, -0.25) is 9.10 Å². The van der Waals surface area contributed by atoms with Gasteiger partial charge in [0.2, 0.25) is 5.91 Å². The molecule has 36 heavy (non-hydrogen) atoms. The van der Waals surface area contributed by atoms with Crippen LogP contribution in [0.4, 0.5) is 5.69 Å². The summed E-state index contributed by atoms with van der Waals surface area (Å²) >= 11 is 0. The van der Waals surface area contributed by atoms with Crippen molar-refractivity contribution in [1.82, 2.24) is 5.32 Å². The highest BCUT2D eigenvalue weighted by Crippen LogP contribution is 2.29. The van der Waals surface area contributed by atoms with Crippen LogP contribution in [0.15, 0.2) is 65.6 Å². The molecule has 0 aliphatic rings. The summed E-state index contributed by atoms with van der Waals surface area (Å²) in [7, 11) is -0.764. The standard InChI is InChI=1S/C28H34N2O5S/c1-20-9-13-24(14-10-20)36(32,33)30(25-17-21(2)8-11-22(25)3)19-28(31)29-16-6-7-23-12-15-26(34-4)27(18-23)35-5/h8-15,17-18H,6-7,16,19H2,1-5H3,(H,29,31). The Labute approximate surface area is 214 Å². The molecule has 3 rings (SSSR count). The molecule has 3 aromatic carbocycles. The van der Waals surface area contributed by atoms with Crippen LogP contribution in [0.5, 0.6) is 11.5 Å². The highest BCUT2D eigenvalue weighted by atomic mass is 32.2. The maximum atomic E-state index is 13.6. The van der Waals surface area contributed by atoms with Crippen molar-refractivity contribution in [2.75, 3.05) is 31.6 Å². The van der Waals surface area contributed by atoms with Gasteiger partial charge in [-0.05, 0) is 80.6 Å². The summed E-state index contributed by atoms with van der Waals surface area (Å²) in [4.78, 5) is 13.0. The molecule has 8 heteroatoms. The van der Waals surface area contributed by atoms with Gasteiger partial charge in [0.05, 0.1) is 24.8 Å².